The minimum atomic E-state index is -0.673. The highest BCUT2D eigenvalue weighted by atomic mass is 16.2. The summed E-state index contributed by atoms with van der Waals surface area (Å²) in [6, 6.07) is 8.39. The van der Waals surface area contributed by atoms with E-state index < -0.39 is 5.54 Å². The normalized spacial score (nSPS) is 26.6. The third kappa shape index (κ3) is 7.09. The summed E-state index contributed by atoms with van der Waals surface area (Å²) in [4.78, 5) is 35.4. The summed E-state index contributed by atoms with van der Waals surface area (Å²) >= 11 is 0. The summed E-state index contributed by atoms with van der Waals surface area (Å²) in [5, 5.41) is 0. The number of likely N-dealkylation sites (tertiary alicyclic amines) is 1. The Kier molecular flexibility index (Phi) is 9.85. The average molecular weight is 549 g/mol. The van der Waals surface area contributed by atoms with E-state index in [0.29, 0.717) is 37.3 Å². The third-order valence-electron chi connectivity index (χ3n) is 10.3. The molecule has 2 amide bonds. The van der Waals surface area contributed by atoms with Crippen LogP contribution in [-0.2, 0) is 22.7 Å². The Morgan fingerprint density at radius 3 is 2.12 bits per heavy atom. The summed E-state index contributed by atoms with van der Waals surface area (Å²) in [7, 11) is 0. The first-order valence-corrected chi connectivity index (χ1v) is 16.5. The molecule has 3 fully saturated rings. The minimum Gasteiger partial charge on any atom is -0.369 e. The minimum absolute atomic E-state index is 0.122. The number of hydrogen-bond donors (Lipinski definition) is 1. The first-order chi connectivity index (χ1) is 19.5. The van der Waals surface area contributed by atoms with Gasteiger partial charge in [0.2, 0.25) is 5.91 Å². The number of nitrogens with zero attached hydrogens (tertiary/aromatic N) is 3. The number of carbonyl (C=O) groups excluding carboxylic acids is 2. The molecule has 0 unspecified atom stereocenters. The molecule has 2 aliphatic heterocycles. The second kappa shape index (κ2) is 13.5. The van der Waals surface area contributed by atoms with E-state index in [1.807, 2.05) is 4.90 Å². The van der Waals surface area contributed by atoms with Crippen LogP contribution >= 0.6 is 0 Å². The molecule has 40 heavy (non-hydrogen) atoms. The Hall–Kier alpha value is -2.37. The van der Waals surface area contributed by atoms with Gasteiger partial charge in [-0.25, -0.2) is 4.99 Å². The van der Waals surface area contributed by atoms with Gasteiger partial charge in [0, 0.05) is 19.5 Å². The highest BCUT2D eigenvalue weighted by molar-refractivity contribution is 6.06. The van der Waals surface area contributed by atoms with Crippen molar-refractivity contribution in [3.63, 3.8) is 0 Å². The van der Waals surface area contributed by atoms with Crippen LogP contribution in [0.1, 0.15) is 127 Å². The van der Waals surface area contributed by atoms with Gasteiger partial charge in [0.05, 0.1) is 6.54 Å². The smallest absolute Gasteiger partial charge is 0.257 e. The Morgan fingerprint density at radius 1 is 0.850 bits per heavy atom. The highest BCUT2D eigenvalue weighted by Gasteiger charge is 2.48. The summed E-state index contributed by atoms with van der Waals surface area (Å²) in [5.41, 5.74) is 8.05. The molecule has 6 heteroatoms. The summed E-state index contributed by atoms with van der Waals surface area (Å²) in [6.45, 7) is 4.21. The second-order valence-electron chi connectivity index (χ2n) is 13.4. The maximum absolute atomic E-state index is 14.1. The zero-order valence-electron chi connectivity index (χ0n) is 24.9. The van der Waals surface area contributed by atoms with E-state index in [4.69, 9.17) is 10.7 Å². The van der Waals surface area contributed by atoms with Crippen LogP contribution in [0.2, 0.25) is 0 Å². The van der Waals surface area contributed by atoms with Gasteiger partial charge >= 0.3 is 0 Å². The molecule has 2 atom stereocenters. The Balaban J connectivity index is 1.22. The lowest BCUT2D eigenvalue weighted by molar-refractivity contribution is -0.133. The van der Waals surface area contributed by atoms with E-state index in [9.17, 15) is 9.59 Å². The van der Waals surface area contributed by atoms with Crippen molar-refractivity contribution in [1.29, 1.82) is 0 Å². The molecule has 2 aliphatic carbocycles. The molecule has 1 aromatic rings. The number of aliphatic imine (C=N–C) groups is 1. The third-order valence-corrected chi connectivity index (χ3v) is 10.3. The fourth-order valence-corrected chi connectivity index (χ4v) is 7.87. The van der Waals surface area contributed by atoms with E-state index in [2.05, 4.69) is 31.2 Å². The molecular weight excluding hydrogens is 496 g/mol. The largest absolute Gasteiger partial charge is 0.369 e. The molecule has 1 aromatic carbocycles. The van der Waals surface area contributed by atoms with E-state index in [1.54, 1.807) is 4.90 Å². The molecule has 0 bridgehead atoms. The van der Waals surface area contributed by atoms with Gasteiger partial charge in [-0.05, 0) is 54.6 Å². The molecule has 5 rings (SSSR count). The van der Waals surface area contributed by atoms with Crippen molar-refractivity contribution in [2.45, 2.75) is 135 Å². The van der Waals surface area contributed by atoms with Crippen LogP contribution in [0.15, 0.2) is 29.3 Å². The Labute approximate surface area is 242 Å². The fourth-order valence-electron chi connectivity index (χ4n) is 7.87. The number of guanidine groups is 1. The van der Waals surface area contributed by atoms with Crippen molar-refractivity contribution < 1.29 is 9.59 Å². The Bertz CT molecular complexity index is 1020. The summed E-state index contributed by atoms with van der Waals surface area (Å²) < 4.78 is 0. The molecule has 0 spiro atoms. The first kappa shape index (κ1) is 29.1. The predicted octanol–water partition coefficient (Wildman–Crippen LogP) is 6.95. The van der Waals surface area contributed by atoms with Crippen LogP contribution in [0.25, 0.3) is 0 Å². The van der Waals surface area contributed by atoms with Crippen molar-refractivity contribution in [1.82, 2.24) is 9.80 Å². The van der Waals surface area contributed by atoms with Gasteiger partial charge in [0.1, 0.15) is 5.54 Å². The van der Waals surface area contributed by atoms with Gasteiger partial charge in [-0.1, -0.05) is 108 Å². The standard InChI is InChI=1S/C34H52N4O2/c1-2-3-10-30-21-31(39)37(24-30)23-28-15-17-29(18-16-28)25-38-32(40)34(36-33(38)35,22-27-13-8-5-9-14-27)20-19-26-11-6-4-7-12-26/h15-18,26-27,30H,2-14,19-25H2,1H3,(H2,35,36)/t30-,34-/m1/s1. The molecule has 2 N–H and O–H groups in total. The van der Waals surface area contributed by atoms with Crippen LogP contribution in [0.5, 0.6) is 0 Å². The second-order valence-corrected chi connectivity index (χ2v) is 13.4. The van der Waals surface area contributed by atoms with E-state index in [1.165, 1.54) is 77.0 Å². The van der Waals surface area contributed by atoms with Crippen molar-refractivity contribution in [2.24, 2.45) is 28.5 Å². The molecule has 4 aliphatic rings. The van der Waals surface area contributed by atoms with Crippen molar-refractivity contribution >= 4 is 17.8 Å². The number of nitrogens with two attached hydrogens (primary N) is 1. The molecule has 2 saturated carbocycles. The summed E-state index contributed by atoms with van der Waals surface area (Å²) in [6.07, 6.45) is 19.9. The van der Waals surface area contributed by atoms with E-state index in [-0.39, 0.29) is 11.8 Å². The lowest BCUT2D eigenvalue weighted by Crippen LogP contribution is -2.45. The average Bonchev–Trinajstić information content (AvgIpc) is 3.43. The number of hydrogen-bond acceptors (Lipinski definition) is 4. The molecule has 0 aromatic heterocycles. The first-order valence-electron chi connectivity index (χ1n) is 16.5. The molecule has 2 heterocycles. The maximum atomic E-state index is 14.1. The topological polar surface area (TPSA) is 79.0 Å². The van der Waals surface area contributed by atoms with Crippen LogP contribution in [0.4, 0.5) is 0 Å². The van der Waals surface area contributed by atoms with Gasteiger partial charge in [-0.2, -0.15) is 0 Å². The van der Waals surface area contributed by atoms with Crippen molar-refractivity contribution in [3.8, 4) is 0 Å². The zero-order chi connectivity index (χ0) is 28.0. The molecule has 1 saturated heterocycles. The van der Waals surface area contributed by atoms with Crippen LogP contribution in [0.3, 0.4) is 0 Å². The fraction of sp³-hybridized carbons (Fsp3) is 0.735. The maximum Gasteiger partial charge on any atom is 0.257 e. The predicted molar refractivity (Wildman–Crippen MR) is 161 cm³/mol. The lowest BCUT2D eigenvalue weighted by atomic mass is 9.75. The molecule has 0 radical (unpaired) electrons. The van der Waals surface area contributed by atoms with Gasteiger partial charge < -0.3 is 10.6 Å². The van der Waals surface area contributed by atoms with Gasteiger partial charge in [-0.15, -0.1) is 0 Å². The molecule has 220 valence electrons. The lowest BCUT2D eigenvalue weighted by Gasteiger charge is -2.33. The SMILES string of the molecule is CCCC[C@@H]1CC(=O)N(Cc2ccc(CN3C(=O)[C@@](CCC4CCCCC4)(CC4CCCCC4)N=C3N)cc2)C1. The number of amides is 2. The number of benzene rings is 1. The van der Waals surface area contributed by atoms with Crippen LogP contribution in [-0.4, -0.2) is 39.7 Å². The van der Waals surface area contributed by atoms with Gasteiger partial charge in [0.25, 0.3) is 5.91 Å². The molecular formula is C34H52N4O2. The van der Waals surface area contributed by atoms with E-state index in [0.717, 1.165) is 49.3 Å². The quantitative estimate of drug-likeness (QED) is 0.307. The monoisotopic (exact) mass is 548 g/mol. The van der Waals surface area contributed by atoms with E-state index >= 15 is 0 Å². The van der Waals surface area contributed by atoms with Crippen molar-refractivity contribution in [2.75, 3.05) is 6.54 Å². The number of carbonyl (C=O) groups is 2. The number of rotatable bonds is 12. The van der Waals surface area contributed by atoms with Crippen LogP contribution < -0.4 is 5.73 Å². The zero-order valence-corrected chi connectivity index (χ0v) is 24.9. The Morgan fingerprint density at radius 2 is 1.48 bits per heavy atom. The van der Waals surface area contributed by atoms with Gasteiger partial charge in [0.15, 0.2) is 5.96 Å². The van der Waals surface area contributed by atoms with Crippen LogP contribution in [0, 0.1) is 17.8 Å². The van der Waals surface area contributed by atoms with Crippen molar-refractivity contribution in [3.05, 3.63) is 35.4 Å². The number of unbranched alkanes of at least 4 members (excludes halogenated alkanes) is 1. The summed E-state index contributed by atoms with van der Waals surface area (Å²) in [5.74, 6) is 2.61. The van der Waals surface area contributed by atoms with Gasteiger partial charge in [-0.3, -0.25) is 14.5 Å². The molecule has 6 nitrogen and oxygen atoms in total. The highest BCUT2D eigenvalue weighted by Crippen LogP contribution is 2.41.